The van der Waals surface area contributed by atoms with Crippen LogP contribution in [-0.2, 0) is 16.1 Å². The van der Waals surface area contributed by atoms with Gasteiger partial charge in [-0.15, -0.1) is 11.3 Å². The van der Waals surface area contributed by atoms with Crippen LogP contribution in [0.3, 0.4) is 0 Å². The third-order valence-corrected chi connectivity index (χ3v) is 4.54. The van der Waals surface area contributed by atoms with Crippen molar-refractivity contribution in [2.45, 2.75) is 13.5 Å². The zero-order valence-corrected chi connectivity index (χ0v) is 16.6. The first-order valence-electron chi connectivity index (χ1n) is 8.66. The van der Waals surface area contributed by atoms with Gasteiger partial charge < -0.3 is 14.8 Å². The minimum Gasteiger partial charge on any atom is -0.496 e. The highest BCUT2D eigenvalue weighted by Gasteiger charge is 2.15. The third kappa shape index (κ3) is 4.85. The fourth-order valence-corrected chi connectivity index (χ4v) is 3.18. The van der Waals surface area contributed by atoms with Gasteiger partial charge in [-0.2, -0.15) is 5.10 Å². The number of thiazole rings is 1. The number of carbonyl (C=O) groups is 2. The Bertz CT molecular complexity index is 1090. The molecule has 0 bridgehead atoms. The molecule has 9 nitrogen and oxygen atoms in total. The summed E-state index contributed by atoms with van der Waals surface area (Å²) in [6, 6.07) is 10.1. The Balaban J connectivity index is 1.75. The number of carbonyl (C=O) groups excluding carboxylic acids is 2. The molecule has 0 radical (unpaired) electrons. The highest BCUT2D eigenvalue weighted by Crippen LogP contribution is 2.27. The van der Waals surface area contributed by atoms with E-state index in [0.717, 1.165) is 16.0 Å². The van der Waals surface area contributed by atoms with Crippen LogP contribution in [0.15, 0.2) is 46.6 Å². The van der Waals surface area contributed by atoms with Crippen molar-refractivity contribution >= 4 is 28.3 Å². The molecule has 3 aromatic rings. The topological polar surface area (TPSA) is 112 Å². The number of rotatable bonds is 7. The quantitative estimate of drug-likeness (QED) is 0.590. The van der Waals surface area contributed by atoms with Crippen LogP contribution in [0.1, 0.15) is 17.4 Å². The van der Waals surface area contributed by atoms with E-state index in [1.165, 1.54) is 11.4 Å². The lowest BCUT2D eigenvalue weighted by molar-refractivity contribution is -0.117. The maximum Gasteiger partial charge on any atom is 0.357 e. The van der Waals surface area contributed by atoms with Crippen molar-refractivity contribution < 1.29 is 19.1 Å². The molecule has 0 spiro atoms. The number of amides is 1. The molecular weight excluding hydrogens is 396 g/mol. The van der Waals surface area contributed by atoms with E-state index in [0.29, 0.717) is 17.0 Å². The van der Waals surface area contributed by atoms with Crippen LogP contribution in [-0.4, -0.2) is 40.4 Å². The number of anilines is 1. The third-order valence-electron chi connectivity index (χ3n) is 3.78. The molecule has 0 fully saturated rings. The van der Waals surface area contributed by atoms with Gasteiger partial charge in [0.2, 0.25) is 5.91 Å². The Hall–Kier alpha value is -3.53. The van der Waals surface area contributed by atoms with E-state index in [1.807, 2.05) is 18.2 Å². The van der Waals surface area contributed by atoms with E-state index in [2.05, 4.69) is 15.4 Å². The van der Waals surface area contributed by atoms with Gasteiger partial charge in [-0.3, -0.25) is 9.59 Å². The summed E-state index contributed by atoms with van der Waals surface area (Å²) >= 11 is 1.08. The standard InChI is InChI=1S/C19H18N4O5S/c1-3-28-18(26)14-11-29-19(20-14)21-16(24)10-23-17(25)9-8-13(22-23)12-6-4-5-7-15(12)27-2/h4-9,11H,3,10H2,1-2H3,(H,20,21,24). The number of para-hydroxylation sites is 1. The number of esters is 1. The smallest absolute Gasteiger partial charge is 0.357 e. The first-order chi connectivity index (χ1) is 14.0. The van der Waals surface area contributed by atoms with E-state index < -0.39 is 17.4 Å². The molecule has 0 atom stereocenters. The van der Waals surface area contributed by atoms with Crippen LogP contribution in [0.2, 0.25) is 0 Å². The Morgan fingerprint density at radius 2 is 2.00 bits per heavy atom. The van der Waals surface area contributed by atoms with Gasteiger partial charge in [0.25, 0.3) is 5.56 Å². The lowest BCUT2D eigenvalue weighted by atomic mass is 10.1. The number of ether oxygens (including phenoxy) is 2. The second-order valence-electron chi connectivity index (χ2n) is 5.72. The number of hydrogen-bond donors (Lipinski definition) is 1. The molecule has 150 valence electrons. The summed E-state index contributed by atoms with van der Waals surface area (Å²) in [6.07, 6.45) is 0. The monoisotopic (exact) mass is 414 g/mol. The molecule has 0 aliphatic carbocycles. The molecule has 29 heavy (non-hydrogen) atoms. The minimum absolute atomic E-state index is 0.112. The van der Waals surface area contributed by atoms with E-state index in [-0.39, 0.29) is 24.0 Å². The number of benzene rings is 1. The summed E-state index contributed by atoms with van der Waals surface area (Å²) in [6.45, 7) is 1.61. The van der Waals surface area contributed by atoms with E-state index in [4.69, 9.17) is 9.47 Å². The van der Waals surface area contributed by atoms with Gasteiger partial charge >= 0.3 is 5.97 Å². The Morgan fingerprint density at radius 1 is 1.21 bits per heavy atom. The fourth-order valence-electron chi connectivity index (χ4n) is 2.49. The van der Waals surface area contributed by atoms with Gasteiger partial charge in [-0.05, 0) is 25.1 Å². The molecule has 0 aliphatic rings. The van der Waals surface area contributed by atoms with Crippen LogP contribution >= 0.6 is 11.3 Å². The maximum absolute atomic E-state index is 12.3. The predicted molar refractivity (Wildman–Crippen MR) is 107 cm³/mol. The van der Waals surface area contributed by atoms with Gasteiger partial charge in [-0.1, -0.05) is 12.1 Å². The van der Waals surface area contributed by atoms with Crippen molar-refractivity contribution in [2.75, 3.05) is 19.0 Å². The fraction of sp³-hybridized carbons (Fsp3) is 0.211. The second-order valence-corrected chi connectivity index (χ2v) is 6.58. The van der Waals surface area contributed by atoms with E-state index >= 15 is 0 Å². The summed E-state index contributed by atoms with van der Waals surface area (Å²) in [5, 5.41) is 8.53. The highest BCUT2D eigenvalue weighted by atomic mass is 32.1. The largest absolute Gasteiger partial charge is 0.496 e. The van der Waals surface area contributed by atoms with Gasteiger partial charge in [0, 0.05) is 17.0 Å². The van der Waals surface area contributed by atoms with E-state index in [1.54, 1.807) is 26.2 Å². The predicted octanol–water partition coefficient (Wildman–Crippen LogP) is 2.19. The number of hydrogen-bond acceptors (Lipinski definition) is 8. The Kier molecular flexibility index (Phi) is 6.35. The molecule has 0 saturated heterocycles. The molecule has 10 heteroatoms. The van der Waals surface area contributed by atoms with Crippen LogP contribution in [0.5, 0.6) is 5.75 Å². The summed E-state index contributed by atoms with van der Waals surface area (Å²) in [4.78, 5) is 40.1. The Morgan fingerprint density at radius 3 is 2.76 bits per heavy atom. The van der Waals surface area contributed by atoms with Gasteiger partial charge in [-0.25, -0.2) is 14.5 Å². The minimum atomic E-state index is -0.563. The average Bonchev–Trinajstić information content (AvgIpc) is 3.18. The summed E-state index contributed by atoms with van der Waals surface area (Å²) < 4.78 is 11.2. The van der Waals surface area contributed by atoms with Crippen LogP contribution in [0.4, 0.5) is 5.13 Å². The average molecular weight is 414 g/mol. The second kappa shape index (κ2) is 9.11. The lowest BCUT2D eigenvalue weighted by Gasteiger charge is -2.10. The molecule has 2 aromatic heterocycles. The van der Waals surface area contributed by atoms with Crippen molar-refractivity contribution in [2.24, 2.45) is 0 Å². The molecule has 1 amide bonds. The molecule has 2 heterocycles. The highest BCUT2D eigenvalue weighted by molar-refractivity contribution is 7.14. The van der Waals surface area contributed by atoms with Crippen LogP contribution in [0.25, 0.3) is 11.3 Å². The molecular formula is C19H18N4O5S. The zero-order valence-electron chi connectivity index (χ0n) is 15.7. The lowest BCUT2D eigenvalue weighted by Crippen LogP contribution is -2.29. The number of aromatic nitrogens is 3. The van der Waals surface area contributed by atoms with Gasteiger partial charge in [0.05, 0.1) is 19.4 Å². The number of nitrogens with zero attached hydrogens (tertiary/aromatic N) is 3. The van der Waals surface area contributed by atoms with Gasteiger partial charge in [0.1, 0.15) is 12.3 Å². The van der Waals surface area contributed by atoms with Crippen molar-refractivity contribution in [3.05, 3.63) is 57.8 Å². The summed E-state index contributed by atoms with van der Waals surface area (Å²) in [7, 11) is 1.54. The summed E-state index contributed by atoms with van der Waals surface area (Å²) in [5.74, 6) is -0.461. The van der Waals surface area contributed by atoms with E-state index in [9.17, 15) is 14.4 Å². The van der Waals surface area contributed by atoms with Crippen molar-refractivity contribution in [1.82, 2.24) is 14.8 Å². The Labute approximate surface area is 169 Å². The normalized spacial score (nSPS) is 10.4. The molecule has 3 rings (SSSR count). The van der Waals surface area contributed by atoms with Crippen molar-refractivity contribution in [3.8, 4) is 17.0 Å². The number of nitrogens with one attached hydrogen (secondary N) is 1. The van der Waals surface area contributed by atoms with Crippen LogP contribution < -0.4 is 15.6 Å². The number of methoxy groups -OCH3 is 1. The SMILES string of the molecule is CCOC(=O)c1csc(NC(=O)Cn2nc(-c3ccccc3OC)ccc2=O)n1. The molecule has 1 aromatic carbocycles. The summed E-state index contributed by atoms with van der Waals surface area (Å²) in [5.41, 5.74) is 0.877. The van der Waals surface area contributed by atoms with Crippen LogP contribution in [0, 0.1) is 0 Å². The van der Waals surface area contributed by atoms with Crippen molar-refractivity contribution in [1.29, 1.82) is 0 Å². The molecule has 0 saturated carbocycles. The molecule has 0 unspecified atom stereocenters. The maximum atomic E-state index is 12.3. The zero-order chi connectivity index (χ0) is 20.8. The first kappa shape index (κ1) is 20.2. The molecule has 1 N–H and O–H groups in total. The van der Waals surface area contributed by atoms with Crippen molar-refractivity contribution in [3.63, 3.8) is 0 Å². The molecule has 0 aliphatic heterocycles. The van der Waals surface area contributed by atoms with Gasteiger partial charge in [0.15, 0.2) is 10.8 Å². The first-order valence-corrected chi connectivity index (χ1v) is 9.54.